The van der Waals surface area contributed by atoms with Gasteiger partial charge >= 0.3 is 0 Å². The van der Waals surface area contributed by atoms with Gasteiger partial charge in [-0.05, 0) is 37.1 Å². The third kappa shape index (κ3) is 4.67. The van der Waals surface area contributed by atoms with Crippen LogP contribution in [0.4, 0.5) is 0 Å². The van der Waals surface area contributed by atoms with Gasteiger partial charge in [0.2, 0.25) is 5.91 Å². The van der Waals surface area contributed by atoms with Crippen molar-refractivity contribution in [2.45, 2.75) is 46.2 Å². The first-order valence-electron chi connectivity index (χ1n) is 10.3. The van der Waals surface area contributed by atoms with E-state index in [9.17, 15) is 4.79 Å². The number of hydrogen-bond acceptors (Lipinski definition) is 6. The second kappa shape index (κ2) is 7.85. The Kier molecular flexibility index (Phi) is 5.48. The van der Waals surface area contributed by atoms with Crippen LogP contribution in [0, 0.1) is 17.3 Å². The number of piperidine rings is 1. The molecule has 2 N–H and O–H groups in total. The summed E-state index contributed by atoms with van der Waals surface area (Å²) in [4.78, 5) is 17.0. The smallest absolute Gasteiger partial charge is 0.228 e. The Morgan fingerprint density at radius 1 is 1.22 bits per heavy atom. The second-order valence-electron chi connectivity index (χ2n) is 9.28. The molecular formula is C19H33N7O. The van der Waals surface area contributed by atoms with Crippen LogP contribution in [0.2, 0.25) is 0 Å². The Labute approximate surface area is 161 Å². The molecule has 0 atom stereocenters. The van der Waals surface area contributed by atoms with Crippen LogP contribution in [0.15, 0.2) is 6.20 Å². The zero-order valence-electron chi connectivity index (χ0n) is 16.7. The summed E-state index contributed by atoms with van der Waals surface area (Å²) in [6.45, 7) is 12.0. The molecule has 0 unspecified atom stereocenters. The SMILES string of the molecule is CC1(C)CCN(Cc2cn(CC3CCN(C(=O)C4CNNC4)CC3)nn2)C1. The Morgan fingerprint density at radius 3 is 2.63 bits per heavy atom. The second-order valence-corrected chi connectivity index (χ2v) is 9.28. The van der Waals surface area contributed by atoms with E-state index >= 15 is 0 Å². The molecule has 1 aromatic heterocycles. The van der Waals surface area contributed by atoms with Gasteiger partial charge in [0.25, 0.3) is 0 Å². The van der Waals surface area contributed by atoms with E-state index in [-0.39, 0.29) is 5.92 Å². The predicted octanol–water partition coefficient (Wildman–Crippen LogP) is 0.473. The summed E-state index contributed by atoms with van der Waals surface area (Å²) >= 11 is 0. The van der Waals surface area contributed by atoms with Crippen LogP contribution in [-0.2, 0) is 17.9 Å². The van der Waals surface area contributed by atoms with Crippen molar-refractivity contribution in [3.05, 3.63) is 11.9 Å². The number of likely N-dealkylation sites (tertiary alicyclic amines) is 2. The molecule has 0 radical (unpaired) electrons. The van der Waals surface area contributed by atoms with E-state index in [1.54, 1.807) is 0 Å². The number of amides is 1. The summed E-state index contributed by atoms with van der Waals surface area (Å²) in [6.07, 6.45) is 5.47. The number of carbonyl (C=O) groups excluding carboxylic acids is 1. The first kappa shape index (κ1) is 18.8. The molecule has 4 heterocycles. The first-order chi connectivity index (χ1) is 13.0. The average molecular weight is 376 g/mol. The minimum absolute atomic E-state index is 0.0926. The van der Waals surface area contributed by atoms with Crippen molar-refractivity contribution in [2.75, 3.05) is 39.3 Å². The lowest BCUT2D eigenvalue weighted by Crippen LogP contribution is -2.43. The number of aromatic nitrogens is 3. The lowest BCUT2D eigenvalue weighted by molar-refractivity contribution is -0.136. The highest BCUT2D eigenvalue weighted by atomic mass is 16.2. The van der Waals surface area contributed by atoms with Gasteiger partial charge in [-0.1, -0.05) is 19.1 Å². The lowest BCUT2D eigenvalue weighted by Gasteiger charge is -2.33. The molecule has 4 rings (SSSR count). The molecule has 150 valence electrons. The predicted molar refractivity (Wildman–Crippen MR) is 102 cm³/mol. The summed E-state index contributed by atoms with van der Waals surface area (Å²) < 4.78 is 2.00. The average Bonchev–Trinajstić information content (AvgIpc) is 3.37. The summed E-state index contributed by atoms with van der Waals surface area (Å²) in [6, 6.07) is 0. The van der Waals surface area contributed by atoms with Crippen molar-refractivity contribution in [3.63, 3.8) is 0 Å². The van der Waals surface area contributed by atoms with Crippen molar-refractivity contribution in [1.29, 1.82) is 0 Å². The Bertz CT molecular complexity index is 644. The van der Waals surface area contributed by atoms with Crippen molar-refractivity contribution in [3.8, 4) is 0 Å². The molecule has 0 aliphatic carbocycles. The van der Waals surface area contributed by atoms with Crippen molar-refractivity contribution >= 4 is 5.91 Å². The molecule has 0 spiro atoms. The fourth-order valence-electron chi connectivity index (χ4n) is 4.58. The minimum atomic E-state index is 0.0926. The highest BCUT2D eigenvalue weighted by Crippen LogP contribution is 2.29. The first-order valence-corrected chi connectivity index (χ1v) is 10.3. The Morgan fingerprint density at radius 2 is 1.96 bits per heavy atom. The Hall–Kier alpha value is -1.51. The quantitative estimate of drug-likeness (QED) is 0.779. The van der Waals surface area contributed by atoms with Crippen LogP contribution < -0.4 is 10.9 Å². The molecule has 27 heavy (non-hydrogen) atoms. The van der Waals surface area contributed by atoms with E-state index in [2.05, 4.69) is 46.1 Å². The van der Waals surface area contributed by atoms with Crippen LogP contribution >= 0.6 is 0 Å². The molecule has 3 aliphatic heterocycles. The molecule has 8 heteroatoms. The summed E-state index contributed by atoms with van der Waals surface area (Å²) in [5.74, 6) is 0.965. The number of nitrogens with zero attached hydrogens (tertiary/aromatic N) is 5. The molecule has 1 amide bonds. The molecular weight excluding hydrogens is 342 g/mol. The number of hydrazine groups is 1. The number of hydrogen-bond donors (Lipinski definition) is 2. The van der Waals surface area contributed by atoms with E-state index in [4.69, 9.17) is 0 Å². The molecule has 1 aromatic rings. The normalized spacial score (nSPS) is 24.7. The Balaban J connectivity index is 1.22. The fraction of sp³-hybridized carbons (Fsp3) is 0.842. The topological polar surface area (TPSA) is 78.3 Å². The van der Waals surface area contributed by atoms with E-state index in [1.165, 1.54) is 6.42 Å². The van der Waals surface area contributed by atoms with Gasteiger partial charge in [0.05, 0.1) is 11.6 Å². The van der Waals surface area contributed by atoms with Crippen molar-refractivity contribution in [2.24, 2.45) is 17.3 Å². The maximum Gasteiger partial charge on any atom is 0.228 e. The van der Waals surface area contributed by atoms with Gasteiger partial charge in [0.15, 0.2) is 0 Å². The standard InChI is InChI=1S/C19H33N7O/c1-19(2)5-8-24(14-19)12-17-13-26(23-22-17)11-15-3-6-25(7-4-15)18(27)16-9-20-21-10-16/h13,15-16,20-21H,3-12,14H2,1-2H3. The van der Waals surface area contributed by atoms with E-state index in [0.29, 0.717) is 17.2 Å². The van der Waals surface area contributed by atoms with E-state index in [1.807, 2.05) is 9.58 Å². The van der Waals surface area contributed by atoms with Crippen LogP contribution in [0.25, 0.3) is 0 Å². The number of carbonyl (C=O) groups is 1. The highest BCUT2D eigenvalue weighted by Gasteiger charge is 2.31. The van der Waals surface area contributed by atoms with Gasteiger partial charge in [0, 0.05) is 52.0 Å². The van der Waals surface area contributed by atoms with Gasteiger partial charge < -0.3 is 4.90 Å². The van der Waals surface area contributed by atoms with Crippen LogP contribution in [0.5, 0.6) is 0 Å². The van der Waals surface area contributed by atoms with Crippen LogP contribution in [-0.4, -0.2) is 70.0 Å². The number of nitrogens with one attached hydrogen (secondary N) is 2. The molecule has 0 bridgehead atoms. The largest absolute Gasteiger partial charge is 0.342 e. The fourth-order valence-corrected chi connectivity index (χ4v) is 4.58. The third-order valence-electron chi connectivity index (χ3n) is 6.27. The lowest BCUT2D eigenvalue weighted by atomic mass is 9.93. The third-order valence-corrected chi connectivity index (χ3v) is 6.27. The maximum atomic E-state index is 12.5. The number of rotatable bonds is 5. The van der Waals surface area contributed by atoms with E-state index in [0.717, 1.165) is 70.9 Å². The summed E-state index contributed by atoms with van der Waals surface area (Å²) in [5, 5.41) is 8.73. The van der Waals surface area contributed by atoms with E-state index < -0.39 is 0 Å². The summed E-state index contributed by atoms with van der Waals surface area (Å²) in [5.41, 5.74) is 7.59. The van der Waals surface area contributed by atoms with Crippen molar-refractivity contribution < 1.29 is 4.79 Å². The van der Waals surface area contributed by atoms with Gasteiger partial charge in [-0.2, -0.15) is 0 Å². The maximum absolute atomic E-state index is 12.5. The molecule has 0 aromatic carbocycles. The van der Waals surface area contributed by atoms with Gasteiger partial charge in [-0.25, -0.2) is 0 Å². The van der Waals surface area contributed by atoms with Gasteiger partial charge in [-0.15, -0.1) is 5.10 Å². The van der Waals surface area contributed by atoms with Gasteiger partial charge in [0.1, 0.15) is 0 Å². The molecule has 3 fully saturated rings. The molecule has 3 saturated heterocycles. The molecule has 3 aliphatic rings. The van der Waals surface area contributed by atoms with Crippen molar-refractivity contribution in [1.82, 2.24) is 35.6 Å². The van der Waals surface area contributed by atoms with Gasteiger partial charge in [-0.3, -0.25) is 25.2 Å². The minimum Gasteiger partial charge on any atom is -0.342 e. The summed E-state index contributed by atoms with van der Waals surface area (Å²) in [7, 11) is 0. The van der Waals surface area contributed by atoms with Crippen LogP contribution in [0.3, 0.4) is 0 Å². The molecule has 0 saturated carbocycles. The van der Waals surface area contributed by atoms with Crippen LogP contribution in [0.1, 0.15) is 38.8 Å². The molecule has 8 nitrogen and oxygen atoms in total. The zero-order chi connectivity index (χ0) is 18.9. The zero-order valence-corrected chi connectivity index (χ0v) is 16.7. The monoisotopic (exact) mass is 375 g/mol. The highest BCUT2D eigenvalue weighted by molar-refractivity contribution is 5.79.